The van der Waals surface area contributed by atoms with Crippen LogP contribution in [-0.2, 0) is 4.74 Å². The molecule has 1 aliphatic carbocycles. The third-order valence-electron chi connectivity index (χ3n) is 3.14. The first-order chi connectivity index (χ1) is 7.34. The summed E-state index contributed by atoms with van der Waals surface area (Å²) in [6.07, 6.45) is 8.16. The highest BCUT2D eigenvalue weighted by molar-refractivity contribution is 4.93. The molecule has 0 aromatic carbocycles. The normalized spacial score (nSPS) is 25.7. The van der Waals surface area contributed by atoms with Crippen molar-refractivity contribution in [3.63, 3.8) is 0 Å². The van der Waals surface area contributed by atoms with Gasteiger partial charge in [-0.1, -0.05) is 26.0 Å². The molecule has 1 rings (SSSR count). The smallest absolute Gasteiger partial charge is 0.0499 e. The van der Waals surface area contributed by atoms with Crippen LogP contribution in [0.5, 0.6) is 0 Å². The van der Waals surface area contributed by atoms with Crippen LogP contribution in [0.1, 0.15) is 33.1 Å². The van der Waals surface area contributed by atoms with Gasteiger partial charge in [-0.3, -0.25) is 0 Å². The zero-order chi connectivity index (χ0) is 10.9. The fraction of sp³-hybridized carbons (Fsp3) is 0.846. The first-order valence-corrected chi connectivity index (χ1v) is 6.28. The molecule has 2 heteroatoms. The molecule has 0 aromatic rings. The summed E-state index contributed by atoms with van der Waals surface area (Å²) in [5, 5.41) is 3.30. The van der Waals surface area contributed by atoms with Crippen LogP contribution in [0.3, 0.4) is 0 Å². The van der Waals surface area contributed by atoms with Gasteiger partial charge in [0.1, 0.15) is 0 Å². The number of rotatable bonds is 7. The highest BCUT2D eigenvalue weighted by Gasteiger charge is 2.17. The van der Waals surface area contributed by atoms with Crippen LogP contribution < -0.4 is 5.32 Å². The summed E-state index contributed by atoms with van der Waals surface area (Å²) >= 11 is 0. The summed E-state index contributed by atoms with van der Waals surface area (Å²) in [7, 11) is 0. The molecule has 0 amide bonds. The zero-order valence-corrected chi connectivity index (χ0v) is 10.2. The van der Waals surface area contributed by atoms with Crippen LogP contribution in [0.4, 0.5) is 0 Å². The largest absolute Gasteiger partial charge is 0.381 e. The summed E-state index contributed by atoms with van der Waals surface area (Å²) < 4.78 is 5.72. The van der Waals surface area contributed by atoms with E-state index in [4.69, 9.17) is 4.74 Å². The van der Waals surface area contributed by atoms with Gasteiger partial charge < -0.3 is 10.1 Å². The highest BCUT2D eigenvalue weighted by atomic mass is 16.5. The van der Waals surface area contributed by atoms with Crippen molar-refractivity contribution in [1.29, 1.82) is 0 Å². The Balaban J connectivity index is 1.97. The Kier molecular flexibility index (Phi) is 6.69. The van der Waals surface area contributed by atoms with E-state index in [0.717, 1.165) is 44.6 Å². The van der Waals surface area contributed by atoms with Gasteiger partial charge in [-0.25, -0.2) is 0 Å². The Morgan fingerprint density at radius 1 is 1.33 bits per heavy atom. The predicted molar refractivity (Wildman–Crippen MR) is 65.0 cm³/mol. The Hall–Kier alpha value is -0.340. The van der Waals surface area contributed by atoms with E-state index in [1.165, 1.54) is 12.8 Å². The lowest BCUT2D eigenvalue weighted by molar-refractivity contribution is 0.0777. The minimum atomic E-state index is 0.745. The molecule has 0 saturated heterocycles. The molecule has 0 aliphatic heterocycles. The van der Waals surface area contributed by atoms with Crippen LogP contribution in [0.2, 0.25) is 0 Å². The summed E-state index contributed by atoms with van der Waals surface area (Å²) in [4.78, 5) is 0. The number of hydrogen-bond donors (Lipinski definition) is 1. The van der Waals surface area contributed by atoms with Gasteiger partial charge in [-0.15, -0.1) is 0 Å². The molecule has 0 heterocycles. The maximum Gasteiger partial charge on any atom is 0.0499 e. The van der Waals surface area contributed by atoms with Gasteiger partial charge in [0.15, 0.2) is 0 Å². The van der Waals surface area contributed by atoms with Crippen LogP contribution >= 0.6 is 0 Å². The highest BCUT2D eigenvalue weighted by Crippen LogP contribution is 2.24. The molecule has 0 bridgehead atoms. The van der Waals surface area contributed by atoms with Crippen LogP contribution in [0.15, 0.2) is 12.2 Å². The Morgan fingerprint density at radius 3 is 2.87 bits per heavy atom. The third-order valence-corrected chi connectivity index (χ3v) is 3.14. The summed E-state index contributed by atoms with van der Waals surface area (Å²) in [6.45, 7) is 8.45. The fourth-order valence-electron chi connectivity index (χ4n) is 1.95. The minimum absolute atomic E-state index is 0.745. The third kappa shape index (κ3) is 5.33. The standard InChI is InChI=1S/C13H25NO/c1-3-14-9-6-10-15-11-13-8-5-4-7-12(13)2/h4-5,12-14H,3,6-11H2,1-2H3. The van der Waals surface area contributed by atoms with E-state index in [9.17, 15) is 0 Å². The van der Waals surface area contributed by atoms with Crippen molar-refractivity contribution in [1.82, 2.24) is 5.32 Å². The molecule has 0 fully saturated rings. The number of allylic oxidation sites excluding steroid dienone is 2. The molecule has 88 valence electrons. The average Bonchev–Trinajstić information content (AvgIpc) is 2.25. The van der Waals surface area contributed by atoms with Crippen molar-refractivity contribution in [2.24, 2.45) is 11.8 Å². The summed E-state index contributed by atoms with van der Waals surface area (Å²) in [5.74, 6) is 1.54. The fourth-order valence-corrected chi connectivity index (χ4v) is 1.95. The summed E-state index contributed by atoms with van der Waals surface area (Å²) in [6, 6.07) is 0. The molecule has 2 atom stereocenters. The molecule has 2 unspecified atom stereocenters. The molecule has 0 saturated carbocycles. The molecule has 2 nitrogen and oxygen atoms in total. The molecule has 0 aromatic heterocycles. The van der Waals surface area contributed by atoms with E-state index in [1.54, 1.807) is 0 Å². The Bertz CT molecular complexity index is 179. The number of nitrogens with one attached hydrogen (secondary N) is 1. The molecule has 0 radical (unpaired) electrons. The Morgan fingerprint density at radius 2 is 2.13 bits per heavy atom. The van der Waals surface area contributed by atoms with E-state index < -0.39 is 0 Å². The van der Waals surface area contributed by atoms with E-state index in [2.05, 4.69) is 31.3 Å². The first kappa shape index (κ1) is 12.7. The van der Waals surface area contributed by atoms with Crippen molar-refractivity contribution in [3.8, 4) is 0 Å². The lowest BCUT2D eigenvalue weighted by atomic mass is 9.85. The number of hydrogen-bond acceptors (Lipinski definition) is 2. The van der Waals surface area contributed by atoms with Crippen LogP contribution in [0, 0.1) is 11.8 Å². The van der Waals surface area contributed by atoms with E-state index in [-0.39, 0.29) is 0 Å². The molecular weight excluding hydrogens is 186 g/mol. The van der Waals surface area contributed by atoms with Crippen molar-refractivity contribution < 1.29 is 4.74 Å². The molecular formula is C13H25NO. The molecule has 0 spiro atoms. The van der Waals surface area contributed by atoms with Crippen LogP contribution in [-0.4, -0.2) is 26.3 Å². The van der Waals surface area contributed by atoms with Gasteiger partial charge in [-0.2, -0.15) is 0 Å². The topological polar surface area (TPSA) is 21.3 Å². The monoisotopic (exact) mass is 211 g/mol. The lowest BCUT2D eigenvalue weighted by Gasteiger charge is -2.24. The van der Waals surface area contributed by atoms with Gasteiger partial charge in [0, 0.05) is 13.2 Å². The van der Waals surface area contributed by atoms with Gasteiger partial charge in [0.25, 0.3) is 0 Å². The van der Waals surface area contributed by atoms with Crippen LogP contribution in [0.25, 0.3) is 0 Å². The van der Waals surface area contributed by atoms with E-state index >= 15 is 0 Å². The lowest BCUT2D eigenvalue weighted by Crippen LogP contribution is -2.21. The average molecular weight is 211 g/mol. The second kappa shape index (κ2) is 7.89. The van der Waals surface area contributed by atoms with Gasteiger partial charge in [-0.05, 0) is 44.2 Å². The second-order valence-electron chi connectivity index (χ2n) is 4.46. The van der Waals surface area contributed by atoms with E-state index in [0.29, 0.717) is 0 Å². The SMILES string of the molecule is CCNCCCOCC1CC=CCC1C. The maximum atomic E-state index is 5.72. The Labute approximate surface area is 94.1 Å². The second-order valence-corrected chi connectivity index (χ2v) is 4.46. The van der Waals surface area contributed by atoms with Gasteiger partial charge >= 0.3 is 0 Å². The molecule has 1 N–H and O–H groups in total. The molecule has 15 heavy (non-hydrogen) atoms. The number of ether oxygens (including phenoxy) is 1. The van der Waals surface area contributed by atoms with E-state index in [1.807, 2.05) is 0 Å². The predicted octanol–water partition coefficient (Wildman–Crippen LogP) is 2.60. The summed E-state index contributed by atoms with van der Waals surface area (Å²) in [5.41, 5.74) is 0. The van der Waals surface area contributed by atoms with Crippen molar-refractivity contribution >= 4 is 0 Å². The van der Waals surface area contributed by atoms with Gasteiger partial charge in [0.2, 0.25) is 0 Å². The first-order valence-electron chi connectivity index (χ1n) is 6.28. The molecule has 1 aliphatic rings. The zero-order valence-electron chi connectivity index (χ0n) is 10.2. The van der Waals surface area contributed by atoms with Crippen molar-refractivity contribution in [2.75, 3.05) is 26.3 Å². The minimum Gasteiger partial charge on any atom is -0.381 e. The van der Waals surface area contributed by atoms with Gasteiger partial charge in [0.05, 0.1) is 0 Å². The van der Waals surface area contributed by atoms with Crippen molar-refractivity contribution in [2.45, 2.75) is 33.1 Å². The van der Waals surface area contributed by atoms with Crippen molar-refractivity contribution in [3.05, 3.63) is 12.2 Å². The quantitative estimate of drug-likeness (QED) is 0.516. The maximum absolute atomic E-state index is 5.72.